The number of halogens is 2. The van der Waals surface area contributed by atoms with Gasteiger partial charge in [0.2, 0.25) is 0 Å². The number of ether oxygens (including phenoxy) is 1. The highest BCUT2D eigenvalue weighted by Crippen LogP contribution is 2.15. The maximum atomic E-state index is 12.0. The predicted octanol–water partition coefficient (Wildman–Crippen LogP) is 3.22. The second-order valence-electron chi connectivity index (χ2n) is 4.62. The molecule has 0 unspecified atom stereocenters. The molecule has 1 aromatic heterocycles. The van der Waals surface area contributed by atoms with Gasteiger partial charge in [0.25, 0.3) is 0 Å². The summed E-state index contributed by atoms with van der Waals surface area (Å²) in [5.41, 5.74) is 0.803. The molecule has 2 aromatic rings. The number of rotatable bonds is 6. The van der Waals surface area contributed by atoms with Gasteiger partial charge in [-0.15, -0.1) is 0 Å². The number of carbonyl (C=O) groups is 1. The average molecular weight is 310 g/mol. The Morgan fingerprint density at radius 1 is 1.32 bits per heavy atom. The fourth-order valence-electron chi connectivity index (χ4n) is 1.83. The van der Waals surface area contributed by atoms with Gasteiger partial charge < -0.3 is 19.4 Å². The first-order chi connectivity index (χ1) is 10.5. The Balaban J connectivity index is 1.82. The molecular weight excluding hydrogens is 294 g/mol. The zero-order valence-electron chi connectivity index (χ0n) is 12.0. The highest BCUT2D eigenvalue weighted by atomic mass is 19.3. The molecule has 2 rings (SSSR count). The highest BCUT2D eigenvalue weighted by Gasteiger charge is 2.10. The van der Waals surface area contributed by atoms with Crippen molar-refractivity contribution in [1.29, 1.82) is 0 Å². The van der Waals surface area contributed by atoms with Crippen LogP contribution in [0.15, 0.2) is 47.1 Å². The predicted molar refractivity (Wildman–Crippen MR) is 75.5 cm³/mol. The molecule has 0 bridgehead atoms. The van der Waals surface area contributed by atoms with E-state index in [1.165, 1.54) is 23.3 Å². The first-order valence-electron chi connectivity index (χ1n) is 6.59. The van der Waals surface area contributed by atoms with Crippen LogP contribution < -0.4 is 10.1 Å². The van der Waals surface area contributed by atoms with E-state index in [1.54, 1.807) is 31.3 Å². The van der Waals surface area contributed by atoms with Crippen LogP contribution in [0.1, 0.15) is 11.3 Å². The van der Waals surface area contributed by atoms with E-state index in [-0.39, 0.29) is 11.8 Å². The number of alkyl halides is 2. The van der Waals surface area contributed by atoms with Crippen LogP contribution in [0.5, 0.6) is 5.75 Å². The molecule has 0 aliphatic rings. The third kappa shape index (κ3) is 4.76. The van der Waals surface area contributed by atoms with Gasteiger partial charge in [0.1, 0.15) is 11.5 Å². The summed E-state index contributed by atoms with van der Waals surface area (Å²) in [5, 5.41) is 2.71. The number of hydrogen-bond acceptors (Lipinski definition) is 3. The molecule has 7 heteroatoms. The molecule has 0 fully saturated rings. The van der Waals surface area contributed by atoms with Crippen molar-refractivity contribution >= 4 is 6.03 Å². The standard InChI is InChI=1S/C15H16F2N2O3/c1-19(15(20)18-9-13-3-2-8-21-13)10-11-4-6-12(7-5-11)22-14(16)17/h2-8,14H,9-10H2,1H3,(H,18,20). The zero-order chi connectivity index (χ0) is 15.9. The monoisotopic (exact) mass is 310 g/mol. The van der Waals surface area contributed by atoms with Gasteiger partial charge in [-0.3, -0.25) is 0 Å². The molecule has 1 aromatic carbocycles. The van der Waals surface area contributed by atoms with E-state index in [1.807, 2.05) is 0 Å². The van der Waals surface area contributed by atoms with Crippen molar-refractivity contribution in [3.63, 3.8) is 0 Å². The minimum absolute atomic E-state index is 0.0867. The molecule has 0 aliphatic carbocycles. The lowest BCUT2D eigenvalue weighted by atomic mass is 10.2. The molecule has 22 heavy (non-hydrogen) atoms. The third-order valence-corrected chi connectivity index (χ3v) is 2.91. The molecule has 0 radical (unpaired) electrons. The largest absolute Gasteiger partial charge is 0.467 e. The maximum absolute atomic E-state index is 12.0. The number of nitrogens with zero attached hydrogens (tertiary/aromatic N) is 1. The Labute approximate surface area is 126 Å². The number of carbonyl (C=O) groups excluding carboxylic acids is 1. The van der Waals surface area contributed by atoms with Gasteiger partial charge in [0.05, 0.1) is 12.8 Å². The van der Waals surface area contributed by atoms with E-state index in [9.17, 15) is 13.6 Å². The van der Waals surface area contributed by atoms with Crippen molar-refractivity contribution in [1.82, 2.24) is 10.2 Å². The smallest absolute Gasteiger partial charge is 0.387 e. The van der Waals surface area contributed by atoms with Gasteiger partial charge >= 0.3 is 12.6 Å². The molecule has 2 amide bonds. The van der Waals surface area contributed by atoms with E-state index in [2.05, 4.69) is 10.1 Å². The number of nitrogens with one attached hydrogen (secondary N) is 1. The van der Waals surface area contributed by atoms with Gasteiger partial charge in [-0.2, -0.15) is 8.78 Å². The van der Waals surface area contributed by atoms with Crippen molar-refractivity contribution in [3.05, 3.63) is 54.0 Å². The summed E-state index contributed by atoms with van der Waals surface area (Å²) in [6, 6.07) is 9.40. The van der Waals surface area contributed by atoms with Crippen LogP contribution in [0.4, 0.5) is 13.6 Å². The lowest BCUT2D eigenvalue weighted by molar-refractivity contribution is -0.0498. The minimum atomic E-state index is -2.85. The summed E-state index contributed by atoms with van der Waals surface area (Å²) in [4.78, 5) is 13.4. The fraction of sp³-hybridized carbons (Fsp3) is 0.267. The molecule has 5 nitrogen and oxygen atoms in total. The van der Waals surface area contributed by atoms with Crippen LogP contribution >= 0.6 is 0 Å². The summed E-state index contributed by atoms with van der Waals surface area (Å²) in [6.45, 7) is -2.20. The van der Waals surface area contributed by atoms with E-state index >= 15 is 0 Å². The van der Waals surface area contributed by atoms with Gasteiger partial charge in [-0.05, 0) is 29.8 Å². The van der Waals surface area contributed by atoms with Crippen molar-refractivity contribution in [2.75, 3.05) is 7.05 Å². The molecule has 118 valence electrons. The molecule has 1 N–H and O–H groups in total. The van der Waals surface area contributed by atoms with Crippen molar-refractivity contribution in [3.8, 4) is 5.75 Å². The van der Waals surface area contributed by atoms with Crippen LogP contribution in [0.2, 0.25) is 0 Å². The molecule has 0 atom stereocenters. The molecule has 0 spiro atoms. The second kappa shape index (κ2) is 7.44. The van der Waals surface area contributed by atoms with Gasteiger partial charge in [-0.1, -0.05) is 12.1 Å². The normalized spacial score (nSPS) is 10.5. The molecule has 0 aliphatic heterocycles. The van der Waals surface area contributed by atoms with E-state index in [0.29, 0.717) is 18.8 Å². The SMILES string of the molecule is CN(Cc1ccc(OC(F)F)cc1)C(=O)NCc1ccco1. The number of urea groups is 1. The molecular formula is C15H16F2N2O3. The van der Waals surface area contributed by atoms with Crippen LogP contribution in [0.25, 0.3) is 0 Å². The Morgan fingerprint density at radius 3 is 2.64 bits per heavy atom. The first kappa shape index (κ1) is 15.8. The number of furan rings is 1. The van der Waals surface area contributed by atoms with Gasteiger partial charge in [0, 0.05) is 13.6 Å². The summed E-state index contributed by atoms with van der Waals surface area (Å²) in [7, 11) is 1.64. The Hall–Kier alpha value is -2.57. The lowest BCUT2D eigenvalue weighted by Crippen LogP contribution is -2.36. The quantitative estimate of drug-likeness (QED) is 0.891. The average Bonchev–Trinajstić information content (AvgIpc) is 2.99. The van der Waals surface area contributed by atoms with Crippen molar-refractivity contribution < 1.29 is 22.7 Å². The summed E-state index contributed by atoms with van der Waals surface area (Å²) in [5.74, 6) is 0.749. The third-order valence-electron chi connectivity index (χ3n) is 2.91. The molecule has 0 saturated carbocycles. The van der Waals surface area contributed by atoms with Crippen molar-refractivity contribution in [2.24, 2.45) is 0 Å². The maximum Gasteiger partial charge on any atom is 0.387 e. The van der Waals surface area contributed by atoms with Crippen LogP contribution in [0.3, 0.4) is 0 Å². The highest BCUT2D eigenvalue weighted by molar-refractivity contribution is 5.73. The van der Waals surface area contributed by atoms with E-state index in [4.69, 9.17) is 4.42 Å². The van der Waals surface area contributed by atoms with Crippen LogP contribution in [0, 0.1) is 0 Å². The topological polar surface area (TPSA) is 54.7 Å². The van der Waals surface area contributed by atoms with E-state index in [0.717, 1.165) is 5.56 Å². The second-order valence-corrected chi connectivity index (χ2v) is 4.62. The first-order valence-corrected chi connectivity index (χ1v) is 6.59. The number of amides is 2. The van der Waals surface area contributed by atoms with Crippen LogP contribution in [-0.4, -0.2) is 24.6 Å². The summed E-state index contributed by atoms with van der Waals surface area (Å²) in [6.07, 6.45) is 1.54. The summed E-state index contributed by atoms with van der Waals surface area (Å²) < 4.78 is 33.5. The lowest BCUT2D eigenvalue weighted by Gasteiger charge is -2.18. The van der Waals surface area contributed by atoms with Gasteiger partial charge in [0.15, 0.2) is 0 Å². The fourth-order valence-corrected chi connectivity index (χ4v) is 1.83. The number of hydrogen-bond donors (Lipinski definition) is 1. The van der Waals surface area contributed by atoms with Crippen molar-refractivity contribution in [2.45, 2.75) is 19.7 Å². The van der Waals surface area contributed by atoms with Gasteiger partial charge in [-0.25, -0.2) is 4.79 Å². The van der Waals surface area contributed by atoms with E-state index < -0.39 is 6.61 Å². The van der Waals surface area contributed by atoms with Crippen LogP contribution in [-0.2, 0) is 13.1 Å². The minimum Gasteiger partial charge on any atom is -0.467 e. The Bertz CT molecular complexity index is 585. The molecule has 1 heterocycles. The Morgan fingerprint density at radius 2 is 2.05 bits per heavy atom. The Kier molecular flexibility index (Phi) is 5.35. The zero-order valence-corrected chi connectivity index (χ0v) is 12.0. The molecule has 0 saturated heterocycles. The number of benzene rings is 1. The summed E-state index contributed by atoms with van der Waals surface area (Å²) >= 11 is 0.